The normalized spacial score (nSPS) is 12.3. The topological polar surface area (TPSA) is 38.9 Å². The molecule has 1 aromatic heterocycles. The Bertz CT molecular complexity index is 774. The molecule has 0 saturated carbocycles. The predicted octanol–water partition coefficient (Wildman–Crippen LogP) is 4.87. The van der Waals surface area contributed by atoms with Gasteiger partial charge in [-0.1, -0.05) is 36.0 Å². The van der Waals surface area contributed by atoms with Gasteiger partial charge in [0.1, 0.15) is 11.6 Å². The number of hydrogen-bond acceptors (Lipinski definition) is 4. The van der Waals surface area contributed by atoms with E-state index in [0.717, 1.165) is 5.56 Å². The second-order valence-electron chi connectivity index (χ2n) is 4.66. The van der Waals surface area contributed by atoms with Gasteiger partial charge in [-0.05, 0) is 36.8 Å². The molecule has 0 unspecified atom stereocenters. The van der Waals surface area contributed by atoms with Crippen LogP contribution in [0.25, 0.3) is 11.5 Å². The Morgan fingerprint density at radius 1 is 1.00 bits per heavy atom. The molecule has 0 saturated heterocycles. The van der Waals surface area contributed by atoms with Crippen LogP contribution in [-0.4, -0.2) is 10.2 Å². The zero-order chi connectivity index (χ0) is 15.5. The van der Waals surface area contributed by atoms with Crippen LogP contribution in [0.15, 0.2) is 58.2 Å². The fourth-order valence-electron chi connectivity index (χ4n) is 1.95. The Morgan fingerprint density at radius 3 is 2.45 bits per heavy atom. The average molecular weight is 318 g/mol. The van der Waals surface area contributed by atoms with Crippen molar-refractivity contribution in [2.45, 2.75) is 17.4 Å². The molecule has 0 N–H and O–H groups in total. The van der Waals surface area contributed by atoms with Gasteiger partial charge in [-0.15, -0.1) is 10.2 Å². The third-order valence-corrected chi connectivity index (χ3v) is 4.12. The highest BCUT2D eigenvalue weighted by molar-refractivity contribution is 7.99. The van der Waals surface area contributed by atoms with E-state index in [-0.39, 0.29) is 22.5 Å². The first-order chi connectivity index (χ1) is 10.6. The molecule has 1 heterocycles. The fraction of sp³-hybridized carbons (Fsp3) is 0.125. The van der Waals surface area contributed by atoms with Crippen molar-refractivity contribution in [3.63, 3.8) is 0 Å². The molecule has 0 aliphatic carbocycles. The molecular weight excluding hydrogens is 306 g/mol. The van der Waals surface area contributed by atoms with Gasteiger partial charge in [0.15, 0.2) is 0 Å². The van der Waals surface area contributed by atoms with Gasteiger partial charge >= 0.3 is 0 Å². The fourth-order valence-corrected chi connectivity index (χ4v) is 2.76. The van der Waals surface area contributed by atoms with Crippen LogP contribution in [0.1, 0.15) is 17.7 Å². The molecule has 0 aliphatic heterocycles. The summed E-state index contributed by atoms with van der Waals surface area (Å²) in [6.07, 6.45) is 0. The van der Waals surface area contributed by atoms with E-state index < -0.39 is 5.82 Å². The standard InChI is InChI=1S/C16H12F2N2OS/c1-10(11-6-8-12(17)9-7-11)22-16-20-19-15(21-16)13-4-2-3-5-14(13)18/h2-10H,1H3/t10-/m1/s1. The van der Waals surface area contributed by atoms with Gasteiger partial charge in [0.25, 0.3) is 11.1 Å². The van der Waals surface area contributed by atoms with Crippen molar-refractivity contribution in [3.05, 3.63) is 65.7 Å². The zero-order valence-corrected chi connectivity index (χ0v) is 12.5. The molecule has 2 aromatic carbocycles. The first kappa shape index (κ1) is 14.7. The lowest BCUT2D eigenvalue weighted by Crippen LogP contribution is -1.88. The number of hydrogen-bond donors (Lipinski definition) is 0. The number of aromatic nitrogens is 2. The number of nitrogens with zero attached hydrogens (tertiary/aromatic N) is 2. The largest absolute Gasteiger partial charge is 0.411 e. The lowest BCUT2D eigenvalue weighted by Gasteiger charge is -2.08. The monoisotopic (exact) mass is 318 g/mol. The quantitative estimate of drug-likeness (QED) is 0.643. The lowest BCUT2D eigenvalue weighted by atomic mass is 10.2. The van der Waals surface area contributed by atoms with Gasteiger partial charge in [-0.3, -0.25) is 0 Å². The van der Waals surface area contributed by atoms with Crippen molar-refractivity contribution < 1.29 is 13.2 Å². The summed E-state index contributed by atoms with van der Waals surface area (Å²) in [7, 11) is 0. The maximum absolute atomic E-state index is 13.7. The lowest BCUT2D eigenvalue weighted by molar-refractivity contribution is 0.462. The minimum Gasteiger partial charge on any atom is -0.411 e. The van der Waals surface area contributed by atoms with E-state index in [9.17, 15) is 8.78 Å². The predicted molar refractivity (Wildman–Crippen MR) is 80.4 cm³/mol. The van der Waals surface area contributed by atoms with E-state index in [1.807, 2.05) is 6.92 Å². The summed E-state index contributed by atoms with van der Waals surface area (Å²) in [4.78, 5) is 0. The molecule has 0 radical (unpaired) electrons. The third-order valence-electron chi connectivity index (χ3n) is 3.13. The Kier molecular flexibility index (Phi) is 4.20. The van der Waals surface area contributed by atoms with E-state index in [2.05, 4.69) is 10.2 Å². The number of thioether (sulfide) groups is 1. The van der Waals surface area contributed by atoms with E-state index >= 15 is 0 Å². The van der Waals surface area contributed by atoms with Crippen LogP contribution in [-0.2, 0) is 0 Å². The second kappa shape index (κ2) is 6.27. The first-order valence-corrected chi connectivity index (χ1v) is 7.52. The van der Waals surface area contributed by atoms with Crippen LogP contribution in [0.4, 0.5) is 8.78 Å². The smallest absolute Gasteiger partial charge is 0.277 e. The highest BCUT2D eigenvalue weighted by atomic mass is 32.2. The summed E-state index contributed by atoms with van der Waals surface area (Å²) in [5.41, 5.74) is 1.22. The van der Waals surface area contributed by atoms with Crippen LogP contribution in [0, 0.1) is 11.6 Å². The average Bonchev–Trinajstić information content (AvgIpc) is 2.96. The van der Waals surface area contributed by atoms with Crippen molar-refractivity contribution in [2.24, 2.45) is 0 Å². The Morgan fingerprint density at radius 2 is 1.73 bits per heavy atom. The first-order valence-electron chi connectivity index (χ1n) is 6.64. The molecule has 0 spiro atoms. The highest BCUT2D eigenvalue weighted by Gasteiger charge is 2.16. The van der Waals surface area contributed by atoms with Gasteiger partial charge < -0.3 is 4.42 Å². The second-order valence-corrected chi connectivity index (χ2v) is 5.96. The molecule has 0 bridgehead atoms. The van der Waals surface area contributed by atoms with Crippen LogP contribution >= 0.6 is 11.8 Å². The van der Waals surface area contributed by atoms with Crippen molar-refractivity contribution in [3.8, 4) is 11.5 Å². The van der Waals surface area contributed by atoms with E-state index in [1.165, 1.54) is 30.0 Å². The molecule has 112 valence electrons. The van der Waals surface area contributed by atoms with Crippen LogP contribution in [0.5, 0.6) is 0 Å². The summed E-state index contributed by atoms with van der Waals surface area (Å²) in [5.74, 6) is -0.540. The molecular formula is C16H12F2N2OS. The number of rotatable bonds is 4. The van der Waals surface area contributed by atoms with Gasteiger partial charge in [-0.2, -0.15) is 0 Å². The molecule has 6 heteroatoms. The number of halogens is 2. The molecule has 3 nitrogen and oxygen atoms in total. The summed E-state index contributed by atoms with van der Waals surface area (Å²) < 4.78 is 32.1. The molecule has 1 atom stereocenters. The molecule has 0 aliphatic rings. The maximum Gasteiger partial charge on any atom is 0.277 e. The van der Waals surface area contributed by atoms with Crippen molar-refractivity contribution in [1.29, 1.82) is 0 Å². The van der Waals surface area contributed by atoms with Crippen molar-refractivity contribution in [1.82, 2.24) is 10.2 Å². The van der Waals surface area contributed by atoms with Crippen LogP contribution in [0.3, 0.4) is 0 Å². The van der Waals surface area contributed by atoms with Crippen LogP contribution in [0.2, 0.25) is 0 Å². The maximum atomic E-state index is 13.7. The van der Waals surface area contributed by atoms with Crippen molar-refractivity contribution >= 4 is 11.8 Å². The van der Waals surface area contributed by atoms with Gasteiger partial charge in [0.05, 0.1) is 5.56 Å². The molecule has 0 fully saturated rings. The van der Waals surface area contributed by atoms with Crippen LogP contribution < -0.4 is 0 Å². The van der Waals surface area contributed by atoms with Crippen molar-refractivity contribution in [2.75, 3.05) is 0 Å². The molecule has 3 rings (SSSR count). The third kappa shape index (κ3) is 3.17. The minimum atomic E-state index is -0.408. The minimum absolute atomic E-state index is 0.00882. The number of benzene rings is 2. The van der Waals surface area contributed by atoms with E-state index in [1.54, 1.807) is 30.3 Å². The zero-order valence-electron chi connectivity index (χ0n) is 11.7. The van der Waals surface area contributed by atoms with E-state index in [4.69, 9.17) is 4.42 Å². The highest BCUT2D eigenvalue weighted by Crippen LogP contribution is 2.35. The van der Waals surface area contributed by atoms with E-state index in [0.29, 0.717) is 5.22 Å². The summed E-state index contributed by atoms with van der Waals surface area (Å²) in [6, 6.07) is 12.5. The molecule has 3 aromatic rings. The van der Waals surface area contributed by atoms with Gasteiger partial charge in [0, 0.05) is 5.25 Å². The SMILES string of the molecule is C[C@@H](Sc1nnc(-c2ccccc2F)o1)c1ccc(F)cc1. The Labute approximate surface area is 130 Å². The van der Waals surface area contributed by atoms with Gasteiger partial charge in [-0.25, -0.2) is 8.78 Å². The Balaban J connectivity index is 1.77. The molecule has 0 amide bonds. The Hall–Kier alpha value is -2.21. The summed E-state index contributed by atoms with van der Waals surface area (Å²) >= 11 is 1.34. The molecule has 22 heavy (non-hydrogen) atoms. The summed E-state index contributed by atoms with van der Waals surface area (Å²) in [6.45, 7) is 1.95. The summed E-state index contributed by atoms with van der Waals surface area (Å²) in [5, 5.41) is 8.14. The van der Waals surface area contributed by atoms with Gasteiger partial charge in [0.2, 0.25) is 0 Å².